The molecule has 1 aliphatic heterocycles. The molecule has 0 spiro atoms. The lowest BCUT2D eigenvalue weighted by Crippen LogP contribution is -2.59. The van der Waals surface area contributed by atoms with Crippen molar-refractivity contribution >= 4 is 0 Å². The molecule has 4 rings (SSSR count). The van der Waals surface area contributed by atoms with Crippen molar-refractivity contribution in [2.24, 2.45) is 11.8 Å². The highest BCUT2D eigenvalue weighted by Crippen LogP contribution is 2.52. The average Bonchev–Trinajstić information content (AvgIpc) is 3.37. The van der Waals surface area contributed by atoms with Crippen LogP contribution in [0.15, 0.2) is 18.2 Å². The van der Waals surface area contributed by atoms with Crippen molar-refractivity contribution < 1.29 is 9.84 Å². The van der Waals surface area contributed by atoms with Gasteiger partial charge in [0.1, 0.15) is 5.75 Å². The lowest BCUT2D eigenvalue weighted by atomic mass is 9.56. The Morgan fingerprint density at radius 3 is 2.87 bits per heavy atom. The van der Waals surface area contributed by atoms with Crippen LogP contribution in [0.25, 0.3) is 0 Å². The molecule has 1 N–H and O–H groups in total. The first-order chi connectivity index (χ1) is 11.2. The Morgan fingerprint density at radius 1 is 1.35 bits per heavy atom. The van der Waals surface area contributed by atoms with E-state index in [1.54, 1.807) is 7.11 Å². The molecule has 2 aliphatic carbocycles. The fourth-order valence-electron chi connectivity index (χ4n) is 5.20. The Bertz CT molecular complexity index is 583. The SMILES string of the molecule is COc1ccc2c(c1)[C@]1(CCO)CCN(CC3CC3)[C@H](C2)[C@@H]1C. The third kappa shape index (κ3) is 2.49. The number of hydrogen-bond donors (Lipinski definition) is 1. The summed E-state index contributed by atoms with van der Waals surface area (Å²) in [6.07, 6.45) is 6.04. The molecule has 1 heterocycles. The van der Waals surface area contributed by atoms with Gasteiger partial charge in [-0.15, -0.1) is 0 Å². The van der Waals surface area contributed by atoms with Gasteiger partial charge in [-0.05, 0) is 73.7 Å². The highest BCUT2D eigenvalue weighted by atomic mass is 16.5. The standard InChI is InChI=1S/C20H29NO2/c1-14-19-11-16-5-6-17(23-2)12-18(16)20(14,8-10-22)7-9-21(19)13-15-3-4-15/h5-6,12,14-15,19,22H,3-4,7-11,13H2,1-2H3/t14-,19+,20-/m0/s1. The number of piperidine rings is 1. The van der Waals surface area contributed by atoms with Crippen LogP contribution in [-0.4, -0.2) is 42.9 Å². The molecule has 3 aliphatic rings. The Morgan fingerprint density at radius 2 is 2.17 bits per heavy atom. The van der Waals surface area contributed by atoms with Crippen LogP contribution in [0.5, 0.6) is 5.75 Å². The zero-order valence-corrected chi connectivity index (χ0v) is 14.4. The molecular weight excluding hydrogens is 286 g/mol. The first-order valence-corrected chi connectivity index (χ1v) is 9.20. The van der Waals surface area contributed by atoms with Crippen LogP contribution in [0, 0.1) is 11.8 Å². The van der Waals surface area contributed by atoms with Crippen molar-refractivity contribution in [3.8, 4) is 5.75 Å². The van der Waals surface area contributed by atoms with Crippen molar-refractivity contribution in [1.29, 1.82) is 0 Å². The first-order valence-electron chi connectivity index (χ1n) is 9.20. The summed E-state index contributed by atoms with van der Waals surface area (Å²) >= 11 is 0. The van der Waals surface area contributed by atoms with Crippen LogP contribution in [0.4, 0.5) is 0 Å². The first kappa shape index (κ1) is 15.5. The predicted molar refractivity (Wildman–Crippen MR) is 91.9 cm³/mol. The minimum absolute atomic E-state index is 0.127. The largest absolute Gasteiger partial charge is 0.497 e. The van der Waals surface area contributed by atoms with E-state index in [1.807, 2.05) is 0 Å². The summed E-state index contributed by atoms with van der Waals surface area (Å²) in [6.45, 7) is 5.16. The lowest BCUT2D eigenvalue weighted by Gasteiger charge is -2.56. The molecule has 1 aromatic carbocycles. The molecule has 0 radical (unpaired) electrons. The summed E-state index contributed by atoms with van der Waals surface area (Å²) < 4.78 is 5.49. The molecule has 126 valence electrons. The predicted octanol–water partition coefficient (Wildman–Crippen LogP) is 2.99. The van der Waals surface area contributed by atoms with Gasteiger partial charge in [-0.2, -0.15) is 0 Å². The number of aliphatic hydroxyl groups excluding tert-OH is 1. The number of rotatable bonds is 5. The summed E-state index contributed by atoms with van der Waals surface area (Å²) in [6, 6.07) is 7.24. The Hall–Kier alpha value is -1.06. The van der Waals surface area contributed by atoms with Gasteiger partial charge >= 0.3 is 0 Å². The number of likely N-dealkylation sites (tertiary alicyclic amines) is 1. The second-order valence-corrected chi connectivity index (χ2v) is 7.90. The monoisotopic (exact) mass is 315 g/mol. The van der Waals surface area contributed by atoms with Crippen molar-refractivity contribution in [2.75, 3.05) is 26.8 Å². The minimum Gasteiger partial charge on any atom is -0.497 e. The molecule has 0 unspecified atom stereocenters. The Labute approximate surface area is 139 Å². The maximum absolute atomic E-state index is 9.77. The number of fused-ring (bicyclic) bond motifs is 4. The van der Waals surface area contributed by atoms with Gasteiger partial charge in [-0.25, -0.2) is 0 Å². The molecule has 2 fully saturated rings. The molecule has 23 heavy (non-hydrogen) atoms. The molecule has 3 atom stereocenters. The van der Waals surface area contributed by atoms with E-state index in [0.29, 0.717) is 12.0 Å². The number of aliphatic hydroxyl groups is 1. The molecule has 1 saturated heterocycles. The number of methoxy groups -OCH3 is 1. The number of benzene rings is 1. The van der Waals surface area contributed by atoms with E-state index in [-0.39, 0.29) is 12.0 Å². The third-order valence-electron chi connectivity index (χ3n) is 6.79. The van der Waals surface area contributed by atoms with Crippen LogP contribution in [0.3, 0.4) is 0 Å². The fraction of sp³-hybridized carbons (Fsp3) is 0.700. The van der Waals surface area contributed by atoms with Gasteiger partial charge in [0.2, 0.25) is 0 Å². The summed E-state index contributed by atoms with van der Waals surface area (Å²) in [5.41, 5.74) is 3.05. The van der Waals surface area contributed by atoms with Gasteiger partial charge in [0, 0.05) is 24.6 Å². The average molecular weight is 315 g/mol. The molecule has 3 heteroatoms. The second-order valence-electron chi connectivity index (χ2n) is 7.90. The van der Waals surface area contributed by atoms with E-state index in [9.17, 15) is 5.11 Å². The summed E-state index contributed by atoms with van der Waals surface area (Å²) in [5, 5.41) is 9.77. The molecule has 1 aromatic rings. The van der Waals surface area contributed by atoms with Gasteiger partial charge in [0.25, 0.3) is 0 Å². The topological polar surface area (TPSA) is 32.7 Å². The highest BCUT2D eigenvalue weighted by molar-refractivity contribution is 5.45. The zero-order valence-electron chi connectivity index (χ0n) is 14.4. The van der Waals surface area contributed by atoms with Crippen molar-refractivity contribution in [1.82, 2.24) is 4.90 Å². The maximum atomic E-state index is 9.77. The van der Waals surface area contributed by atoms with Crippen LogP contribution >= 0.6 is 0 Å². The van der Waals surface area contributed by atoms with Gasteiger partial charge in [0.15, 0.2) is 0 Å². The number of hydrogen-bond acceptors (Lipinski definition) is 3. The summed E-state index contributed by atoms with van der Waals surface area (Å²) in [4.78, 5) is 2.76. The van der Waals surface area contributed by atoms with Gasteiger partial charge in [-0.3, -0.25) is 4.90 Å². The Kier molecular flexibility index (Phi) is 3.89. The number of nitrogens with zero attached hydrogens (tertiary/aromatic N) is 1. The van der Waals surface area contributed by atoms with Gasteiger partial charge in [0.05, 0.1) is 7.11 Å². The number of ether oxygens (including phenoxy) is 1. The lowest BCUT2D eigenvalue weighted by molar-refractivity contribution is 0.00834. The molecule has 1 saturated carbocycles. The second kappa shape index (κ2) is 5.78. The summed E-state index contributed by atoms with van der Waals surface area (Å²) in [7, 11) is 1.74. The van der Waals surface area contributed by atoms with Gasteiger partial charge in [-0.1, -0.05) is 13.0 Å². The third-order valence-corrected chi connectivity index (χ3v) is 6.79. The van der Waals surface area contributed by atoms with Gasteiger partial charge < -0.3 is 9.84 Å². The van der Waals surface area contributed by atoms with Crippen molar-refractivity contribution in [2.45, 2.75) is 50.5 Å². The Balaban J connectivity index is 1.73. The molecule has 3 nitrogen and oxygen atoms in total. The van der Waals surface area contributed by atoms with Crippen LogP contribution < -0.4 is 4.74 Å². The van der Waals surface area contributed by atoms with E-state index in [0.717, 1.165) is 30.9 Å². The molecule has 2 bridgehead atoms. The maximum Gasteiger partial charge on any atom is 0.119 e. The quantitative estimate of drug-likeness (QED) is 0.907. The van der Waals surface area contributed by atoms with E-state index in [2.05, 4.69) is 30.0 Å². The van der Waals surface area contributed by atoms with Crippen LogP contribution in [0.2, 0.25) is 0 Å². The molecule has 0 amide bonds. The van der Waals surface area contributed by atoms with E-state index in [4.69, 9.17) is 4.74 Å². The van der Waals surface area contributed by atoms with Crippen molar-refractivity contribution in [3.05, 3.63) is 29.3 Å². The fourth-order valence-corrected chi connectivity index (χ4v) is 5.20. The molecular formula is C20H29NO2. The molecule has 0 aromatic heterocycles. The van der Waals surface area contributed by atoms with E-state index >= 15 is 0 Å². The smallest absolute Gasteiger partial charge is 0.119 e. The zero-order chi connectivity index (χ0) is 16.0. The van der Waals surface area contributed by atoms with E-state index in [1.165, 1.54) is 37.1 Å². The summed E-state index contributed by atoms with van der Waals surface area (Å²) in [5.74, 6) is 2.50. The minimum atomic E-state index is 0.127. The highest BCUT2D eigenvalue weighted by Gasteiger charge is 2.51. The van der Waals surface area contributed by atoms with Crippen LogP contribution in [-0.2, 0) is 11.8 Å². The van der Waals surface area contributed by atoms with E-state index < -0.39 is 0 Å². The van der Waals surface area contributed by atoms with Crippen LogP contribution in [0.1, 0.15) is 43.7 Å². The van der Waals surface area contributed by atoms with Crippen molar-refractivity contribution in [3.63, 3.8) is 0 Å². The normalized spacial score (nSPS) is 33.3.